The van der Waals surface area contributed by atoms with Crippen LogP contribution in [0.15, 0.2) is 72.8 Å². The lowest BCUT2D eigenvalue weighted by atomic mass is 10.1. The molecule has 1 fully saturated rings. The fourth-order valence-electron chi connectivity index (χ4n) is 4.61. The number of halogens is 2. The number of urea groups is 1. The third-order valence-corrected chi connectivity index (χ3v) is 7.88. The Balaban J connectivity index is 1.55. The van der Waals surface area contributed by atoms with Gasteiger partial charge in [0.25, 0.3) is 5.91 Å². The number of hydrogen-bond donors (Lipinski definition) is 1. The number of rotatable bonds is 3. The zero-order valence-electron chi connectivity index (χ0n) is 18.7. The maximum Gasteiger partial charge on any atom is 0.323 e. The fraction of sp³-hybridized carbons (Fsp3) is 0.231. The first-order valence-electron chi connectivity index (χ1n) is 10.9. The second kappa shape index (κ2) is 8.32. The lowest BCUT2D eigenvalue weighted by molar-refractivity contribution is -0.123. The predicted octanol–water partition coefficient (Wildman–Crippen LogP) is 6.24. The smallest absolute Gasteiger partial charge is 0.308 e. The van der Waals surface area contributed by atoms with Crippen LogP contribution in [0.3, 0.4) is 0 Å². The molecule has 0 aliphatic carbocycles. The molecule has 1 saturated heterocycles. The summed E-state index contributed by atoms with van der Waals surface area (Å²) in [5.41, 5.74) is 2.94. The molecule has 5 nitrogen and oxygen atoms in total. The van der Waals surface area contributed by atoms with E-state index in [9.17, 15) is 14.0 Å². The second-order valence-corrected chi connectivity index (χ2v) is 11.4. The number of amides is 3. The van der Waals surface area contributed by atoms with Crippen LogP contribution in [0.25, 0.3) is 0 Å². The van der Waals surface area contributed by atoms with Crippen molar-refractivity contribution in [2.75, 3.05) is 16.8 Å². The highest BCUT2D eigenvalue weighted by Gasteiger charge is 2.63. The molecule has 3 aromatic rings. The van der Waals surface area contributed by atoms with Crippen molar-refractivity contribution in [3.8, 4) is 0 Å². The molecule has 3 aromatic carbocycles. The topological polar surface area (TPSA) is 52.7 Å². The van der Waals surface area contributed by atoms with Gasteiger partial charge in [0.15, 0.2) is 4.87 Å². The van der Waals surface area contributed by atoms with Gasteiger partial charge in [-0.1, -0.05) is 41.9 Å². The van der Waals surface area contributed by atoms with E-state index < -0.39 is 4.87 Å². The highest BCUT2D eigenvalue weighted by molar-refractivity contribution is 8.02. The number of nitrogens with one attached hydrogen (secondary N) is 1. The molecule has 1 atom stereocenters. The minimum Gasteiger partial charge on any atom is -0.308 e. The van der Waals surface area contributed by atoms with Gasteiger partial charge >= 0.3 is 6.03 Å². The summed E-state index contributed by atoms with van der Waals surface area (Å²) in [6.07, 6.45) is 0. The third kappa shape index (κ3) is 3.83. The van der Waals surface area contributed by atoms with E-state index >= 15 is 0 Å². The molecular weight excluding hydrogens is 473 g/mol. The van der Waals surface area contributed by atoms with Gasteiger partial charge in [0, 0.05) is 27.6 Å². The van der Waals surface area contributed by atoms with Crippen LogP contribution < -0.4 is 10.2 Å². The molecule has 34 heavy (non-hydrogen) atoms. The van der Waals surface area contributed by atoms with Crippen LogP contribution in [0.2, 0.25) is 5.02 Å². The minimum absolute atomic E-state index is 0.181. The summed E-state index contributed by atoms with van der Waals surface area (Å²) < 4.78 is 13.1. The number of benzene rings is 3. The van der Waals surface area contributed by atoms with Gasteiger partial charge in [0.2, 0.25) is 0 Å². The Bertz CT molecular complexity index is 1270. The zero-order valence-corrected chi connectivity index (χ0v) is 20.3. The zero-order chi connectivity index (χ0) is 24.1. The monoisotopic (exact) mass is 495 g/mol. The van der Waals surface area contributed by atoms with Crippen molar-refractivity contribution in [3.05, 3.63) is 94.8 Å². The van der Waals surface area contributed by atoms with Gasteiger partial charge in [-0.15, -0.1) is 11.8 Å². The summed E-state index contributed by atoms with van der Waals surface area (Å²) in [7, 11) is 0. The van der Waals surface area contributed by atoms with Gasteiger partial charge in [0.1, 0.15) is 5.82 Å². The van der Waals surface area contributed by atoms with E-state index in [0.29, 0.717) is 17.3 Å². The van der Waals surface area contributed by atoms with Crippen LogP contribution in [0.4, 0.5) is 20.6 Å². The van der Waals surface area contributed by atoms with E-state index in [-0.39, 0.29) is 29.0 Å². The molecule has 1 N–H and O–H groups in total. The first-order chi connectivity index (χ1) is 16.2. The number of nitrogens with zero attached hydrogens (tertiary/aromatic N) is 2. The van der Waals surface area contributed by atoms with E-state index in [0.717, 1.165) is 16.8 Å². The molecule has 5 rings (SSSR count). The molecule has 2 heterocycles. The number of thioether (sulfide) groups is 1. The molecule has 1 spiro atoms. The van der Waals surface area contributed by atoms with Crippen molar-refractivity contribution >= 4 is 46.7 Å². The normalized spacial score (nSPS) is 20.6. The van der Waals surface area contributed by atoms with Gasteiger partial charge < -0.3 is 10.2 Å². The maximum absolute atomic E-state index is 14.1. The Hall–Kier alpha value is -3.03. The van der Waals surface area contributed by atoms with Gasteiger partial charge in [-0.2, -0.15) is 0 Å². The highest BCUT2D eigenvalue weighted by atomic mass is 35.5. The molecular formula is C26H23ClFN3O2S. The minimum atomic E-state index is -1.20. The molecule has 0 radical (unpaired) electrons. The molecule has 0 saturated carbocycles. The SMILES string of the molecule is CC1(C)CN(C(=O)Nc2ccc(Cl)cc2)[C@@]2(S1)C(=O)N(Cc1ccc(F)cc1)c1ccccc12. The molecule has 0 bridgehead atoms. The number of carbonyl (C=O) groups excluding carboxylic acids is 2. The lowest BCUT2D eigenvalue weighted by Crippen LogP contribution is -2.51. The quantitative estimate of drug-likeness (QED) is 0.468. The van der Waals surface area contributed by atoms with Gasteiger partial charge in [-0.25, -0.2) is 9.18 Å². The average Bonchev–Trinajstić information content (AvgIpc) is 3.23. The number of fused-ring (bicyclic) bond motifs is 2. The number of hydrogen-bond acceptors (Lipinski definition) is 3. The summed E-state index contributed by atoms with van der Waals surface area (Å²) in [5, 5.41) is 3.50. The Labute approximate surface area is 206 Å². The summed E-state index contributed by atoms with van der Waals surface area (Å²) in [6, 6.07) is 20.2. The van der Waals surface area contributed by atoms with E-state index in [1.54, 1.807) is 46.2 Å². The van der Waals surface area contributed by atoms with E-state index in [2.05, 4.69) is 5.32 Å². The van der Waals surface area contributed by atoms with Crippen LogP contribution in [0.5, 0.6) is 0 Å². The molecule has 8 heteroatoms. The third-order valence-electron chi connectivity index (χ3n) is 6.03. The maximum atomic E-state index is 14.1. The average molecular weight is 496 g/mol. The van der Waals surface area contributed by atoms with Crippen molar-refractivity contribution < 1.29 is 14.0 Å². The lowest BCUT2D eigenvalue weighted by Gasteiger charge is -2.33. The summed E-state index contributed by atoms with van der Waals surface area (Å²) in [4.78, 5) is 29.8. The molecule has 3 amide bonds. The van der Waals surface area contributed by atoms with E-state index in [1.165, 1.54) is 23.9 Å². The largest absolute Gasteiger partial charge is 0.323 e. The number of carbonyl (C=O) groups is 2. The van der Waals surface area contributed by atoms with Crippen LogP contribution in [-0.4, -0.2) is 28.1 Å². The standard InChI is InChI=1S/C26H23ClFN3O2S/c1-25(2)16-31(24(33)29-20-13-9-18(27)10-14-20)26(34-25)21-5-3-4-6-22(21)30(23(26)32)15-17-7-11-19(28)12-8-17/h3-14H,15-16H2,1-2H3,(H,29,33)/t26-/m0/s1. The van der Waals surface area contributed by atoms with E-state index in [1.807, 2.05) is 38.1 Å². The van der Waals surface area contributed by atoms with Crippen molar-refractivity contribution in [2.45, 2.75) is 30.0 Å². The number of para-hydroxylation sites is 1. The molecule has 174 valence electrons. The Morgan fingerprint density at radius 1 is 1.06 bits per heavy atom. The first-order valence-corrected chi connectivity index (χ1v) is 12.1. The van der Waals surface area contributed by atoms with Gasteiger partial charge in [-0.05, 0) is 61.9 Å². The summed E-state index contributed by atoms with van der Waals surface area (Å²) in [6.45, 7) is 4.74. The van der Waals surface area contributed by atoms with Crippen molar-refractivity contribution in [3.63, 3.8) is 0 Å². The molecule has 0 aromatic heterocycles. The molecule has 2 aliphatic heterocycles. The van der Waals surface area contributed by atoms with E-state index in [4.69, 9.17) is 11.6 Å². The predicted molar refractivity (Wildman–Crippen MR) is 135 cm³/mol. The molecule has 0 unspecified atom stereocenters. The second-order valence-electron chi connectivity index (χ2n) is 9.06. The summed E-state index contributed by atoms with van der Waals surface area (Å²) >= 11 is 7.47. The van der Waals surface area contributed by atoms with Gasteiger partial charge in [-0.3, -0.25) is 9.69 Å². The number of anilines is 2. The Morgan fingerprint density at radius 2 is 1.74 bits per heavy atom. The van der Waals surface area contributed by atoms with Crippen LogP contribution in [0.1, 0.15) is 25.0 Å². The van der Waals surface area contributed by atoms with Crippen LogP contribution >= 0.6 is 23.4 Å². The first kappa shape index (κ1) is 22.7. The fourth-order valence-corrected chi connectivity index (χ4v) is 6.47. The molecule has 2 aliphatic rings. The van der Waals surface area contributed by atoms with Crippen LogP contribution in [0, 0.1) is 5.82 Å². The van der Waals surface area contributed by atoms with Crippen LogP contribution in [-0.2, 0) is 16.2 Å². The highest BCUT2D eigenvalue weighted by Crippen LogP contribution is 2.59. The summed E-state index contributed by atoms with van der Waals surface area (Å²) in [5.74, 6) is -0.508. The Kier molecular flexibility index (Phi) is 5.57. The van der Waals surface area contributed by atoms with Crippen molar-refractivity contribution in [1.82, 2.24) is 4.90 Å². The van der Waals surface area contributed by atoms with Crippen molar-refractivity contribution in [2.24, 2.45) is 0 Å². The van der Waals surface area contributed by atoms with Gasteiger partial charge in [0.05, 0.1) is 12.2 Å². The van der Waals surface area contributed by atoms with Crippen molar-refractivity contribution in [1.29, 1.82) is 0 Å². The Morgan fingerprint density at radius 3 is 2.44 bits per heavy atom.